The topological polar surface area (TPSA) is 0 Å². The Kier molecular flexibility index (Phi) is 5.69. The molecular weight excluding hydrogens is 419 g/mol. The van der Waals surface area contributed by atoms with E-state index in [1.54, 1.807) is 0 Å². The van der Waals surface area contributed by atoms with Crippen LogP contribution in [0, 0.1) is 0 Å². The molecule has 0 aliphatic heterocycles. The first-order valence-electron chi connectivity index (χ1n) is 3.78. The molecule has 0 unspecified atom stereocenters. The molecule has 1 aliphatic carbocycles. The zero-order valence-corrected chi connectivity index (χ0v) is 13.9. The monoisotopic (exact) mass is 434 g/mol. The van der Waals surface area contributed by atoms with Crippen molar-refractivity contribution in [3.05, 3.63) is 0 Å². The molecule has 0 spiro atoms. The average Bonchev–Trinajstić information content (AvgIpc) is 1.85. The van der Waals surface area contributed by atoms with Crippen molar-refractivity contribution in [3.63, 3.8) is 0 Å². The van der Waals surface area contributed by atoms with E-state index >= 15 is 0 Å². The zero-order chi connectivity index (χ0) is 8.32. The van der Waals surface area contributed by atoms with Crippen LogP contribution in [0.25, 0.3) is 0 Å². The van der Waals surface area contributed by atoms with Gasteiger partial charge in [-0.3, -0.25) is 0 Å². The van der Waals surface area contributed by atoms with Crippen LogP contribution in [-0.4, -0.2) is 60.8 Å². The summed E-state index contributed by atoms with van der Waals surface area (Å²) in [4.78, 5) is 1.06. The van der Waals surface area contributed by atoms with Crippen LogP contribution in [0.4, 0.5) is 0 Å². The minimum absolute atomic E-state index is 0.797. The molecule has 1 saturated carbocycles. The Morgan fingerprint density at radius 1 is 1.09 bits per heavy atom. The fourth-order valence-electron chi connectivity index (χ4n) is 1.35. The van der Waals surface area contributed by atoms with E-state index < -0.39 is 1.58 Å². The Labute approximate surface area is 98.2 Å². The molecule has 0 aromatic carbocycles. The predicted octanol–water partition coefficient (Wildman–Crippen LogP) is 1.63. The average molecular weight is 430 g/mol. The van der Waals surface area contributed by atoms with Crippen LogP contribution >= 0.6 is 1.58 Å². The van der Waals surface area contributed by atoms with Gasteiger partial charge in [0.25, 0.3) is 0 Å². The van der Waals surface area contributed by atoms with Gasteiger partial charge in [-0.05, 0) is 0 Å². The van der Waals surface area contributed by atoms with E-state index in [-0.39, 0.29) is 0 Å². The molecule has 0 heterocycles. The summed E-state index contributed by atoms with van der Waals surface area (Å²) < 4.78 is -0.797. The van der Waals surface area contributed by atoms with Gasteiger partial charge in [-0.25, -0.2) is 0 Å². The molecule has 0 bridgehead atoms. The van der Waals surface area contributed by atoms with E-state index in [2.05, 4.69) is 46.2 Å². The summed E-state index contributed by atoms with van der Waals surface area (Å²) >= 11 is 10.7. The predicted molar refractivity (Wildman–Crippen MR) is 56.8 cm³/mol. The SMILES string of the molecule is [Se]P([Se])(=[Se])[Se]C1CCCCC1. The van der Waals surface area contributed by atoms with Crippen molar-refractivity contribution in [1.29, 1.82) is 0 Å². The van der Waals surface area contributed by atoms with Gasteiger partial charge in [-0.15, -0.1) is 0 Å². The summed E-state index contributed by atoms with van der Waals surface area (Å²) in [6.45, 7) is 0. The van der Waals surface area contributed by atoms with Crippen molar-refractivity contribution >= 4 is 62.3 Å². The standard InChI is InChI=1S/C6H11PSe4/c8-7(9,10)11-6-4-2-1-3-5-6/h6H,1-5H2. The number of hydrogen-bond donors (Lipinski definition) is 0. The maximum absolute atomic E-state index is 3.29. The quantitative estimate of drug-likeness (QED) is 0.462. The summed E-state index contributed by atoms with van der Waals surface area (Å²) in [6.07, 6.45) is 7.42. The van der Waals surface area contributed by atoms with Crippen molar-refractivity contribution in [1.82, 2.24) is 0 Å². The van der Waals surface area contributed by atoms with Gasteiger partial charge < -0.3 is 0 Å². The zero-order valence-electron chi connectivity index (χ0n) is 6.19. The van der Waals surface area contributed by atoms with E-state index in [0.717, 1.165) is 19.3 Å². The molecular formula is C6H11PSe4. The van der Waals surface area contributed by atoms with Gasteiger partial charge in [0.1, 0.15) is 0 Å². The van der Waals surface area contributed by atoms with Crippen LogP contribution in [0.3, 0.4) is 0 Å². The van der Waals surface area contributed by atoms with Gasteiger partial charge >= 0.3 is 99.3 Å². The molecule has 0 nitrogen and oxygen atoms in total. The normalized spacial score (nSPS) is 22.0. The molecule has 2 radical (unpaired) electrons. The Morgan fingerprint density at radius 2 is 1.64 bits per heavy atom. The molecule has 11 heavy (non-hydrogen) atoms. The van der Waals surface area contributed by atoms with E-state index in [4.69, 9.17) is 0 Å². The number of rotatable bonds is 2. The van der Waals surface area contributed by atoms with E-state index in [9.17, 15) is 0 Å². The van der Waals surface area contributed by atoms with E-state index in [1.807, 2.05) is 0 Å². The third-order valence-corrected chi connectivity index (χ3v) is 15.3. The second kappa shape index (κ2) is 5.40. The molecule has 1 rings (SSSR count). The maximum atomic E-state index is 3.29. The Hall–Kier alpha value is 2.51. The first-order chi connectivity index (χ1) is 5.08. The molecule has 5 heteroatoms. The van der Waals surface area contributed by atoms with Crippen LogP contribution < -0.4 is 0 Å². The first-order valence-corrected chi connectivity index (χ1v) is 15.4. The minimum atomic E-state index is -0.797. The van der Waals surface area contributed by atoms with Gasteiger partial charge in [0, 0.05) is 0 Å². The van der Waals surface area contributed by atoms with Gasteiger partial charge in [0.15, 0.2) is 0 Å². The van der Waals surface area contributed by atoms with E-state index in [1.165, 1.54) is 32.1 Å². The van der Waals surface area contributed by atoms with Gasteiger partial charge in [-0.1, -0.05) is 0 Å². The van der Waals surface area contributed by atoms with Gasteiger partial charge in [0.2, 0.25) is 0 Å². The van der Waals surface area contributed by atoms with Gasteiger partial charge in [-0.2, -0.15) is 0 Å². The van der Waals surface area contributed by atoms with Crippen molar-refractivity contribution in [2.45, 2.75) is 36.9 Å². The third-order valence-electron chi connectivity index (χ3n) is 1.83. The van der Waals surface area contributed by atoms with E-state index in [0.29, 0.717) is 0 Å². The number of hydrogen-bond acceptors (Lipinski definition) is 0. The molecule has 0 aromatic rings. The molecule has 0 aromatic heterocycles. The fraction of sp³-hybridized carbons (Fsp3) is 1.00. The molecule has 0 saturated heterocycles. The second-order valence-corrected chi connectivity index (χ2v) is 41.5. The summed E-state index contributed by atoms with van der Waals surface area (Å²) in [5, 5.41) is 0. The van der Waals surface area contributed by atoms with Crippen molar-refractivity contribution < 1.29 is 0 Å². The first kappa shape index (κ1) is 11.6. The van der Waals surface area contributed by atoms with Crippen LogP contribution in [0.1, 0.15) is 32.1 Å². The van der Waals surface area contributed by atoms with Crippen LogP contribution in [0.5, 0.6) is 0 Å². The molecule has 64 valence electrons. The van der Waals surface area contributed by atoms with Crippen LogP contribution in [-0.2, 0) is 0 Å². The summed E-state index contributed by atoms with van der Waals surface area (Å²) in [7, 11) is 0. The summed E-state index contributed by atoms with van der Waals surface area (Å²) in [5.74, 6) is 0. The van der Waals surface area contributed by atoms with Crippen molar-refractivity contribution in [2.24, 2.45) is 0 Å². The second-order valence-electron chi connectivity index (χ2n) is 2.81. The molecule has 0 atom stereocenters. The van der Waals surface area contributed by atoms with Crippen LogP contribution in [0.2, 0.25) is 4.82 Å². The van der Waals surface area contributed by atoms with Crippen molar-refractivity contribution in [3.8, 4) is 0 Å². The molecule has 1 aliphatic rings. The Bertz CT molecular complexity index is 158. The summed E-state index contributed by atoms with van der Waals surface area (Å²) in [6, 6.07) is 0. The third kappa shape index (κ3) is 5.74. The fourth-order valence-corrected chi connectivity index (χ4v) is 18.2. The summed E-state index contributed by atoms with van der Waals surface area (Å²) in [5.41, 5.74) is 0. The van der Waals surface area contributed by atoms with Crippen molar-refractivity contribution in [2.75, 3.05) is 0 Å². The molecule has 0 amide bonds. The Morgan fingerprint density at radius 3 is 2.09 bits per heavy atom. The Balaban J connectivity index is 2.30. The molecule has 0 N–H and O–H groups in total. The van der Waals surface area contributed by atoms with Gasteiger partial charge in [0.05, 0.1) is 0 Å². The van der Waals surface area contributed by atoms with Crippen LogP contribution in [0.15, 0.2) is 0 Å². The molecule has 1 fully saturated rings.